The van der Waals surface area contributed by atoms with Crippen LogP contribution in [0.1, 0.15) is 0 Å². The molecule has 1 atom stereocenters. The molecule has 0 saturated carbocycles. The predicted octanol–water partition coefficient (Wildman–Crippen LogP) is 1.51. The second kappa shape index (κ2) is 11.8. The lowest BCUT2D eigenvalue weighted by molar-refractivity contribution is 0.302. The van der Waals surface area contributed by atoms with Gasteiger partial charge in [-0.1, -0.05) is 0 Å². The van der Waals surface area contributed by atoms with Crippen molar-refractivity contribution in [2.45, 2.75) is 0 Å². The highest BCUT2D eigenvalue weighted by molar-refractivity contribution is 7.33. The average Bonchev–Trinajstić information content (AvgIpc) is 2.03. The normalized spacial score (nSPS) is 8.30. The standard InChI is InChI=1S/C2H6O3P.CH4O2P/c1-4-6(3)5-2;1-3-4-2/h1-2H3;4H,1H3/q2*+1. The molecule has 0 aromatic rings. The molecule has 1 unspecified atom stereocenters. The van der Waals surface area contributed by atoms with Gasteiger partial charge in [0.1, 0.15) is 0 Å². The highest BCUT2D eigenvalue weighted by atomic mass is 31.1. The molecule has 0 aliphatic heterocycles. The van der Waals surface area contributed by atoms with E-state index in [4.69, 9.17) is 4.57 Å². The van der Waals surface area contributed by atoms with Crippen LogP contribution in [0, 0.1) is 0 Å². The van der Waals surface area contributed by atoms with E-state index in [1.807, 2.05) is 0 Å². The summed E-state index contributed by atoms with van der Waals surface area (Å²) in [5.74, 6) is 0. The van der Waals surface area contributed by atoms with Crippen molar-refractivity contribution in [3.63, 3.8) is 0 Å². The summed E-state index contributed by atoms with van der Waals surface area (Å²) in [7, 11) is 1.59. The van der Waals surface area contributed by atoms with Crippen LogP contribution in [0.2, 0.25) is 0 Å². The molecule has 0 aliphatic carbocycles. The van der Waals surface area contributed by atoms with Gasteiger partial charge in [-0.15, -0.1) is 9.05 Å². The van der Waals surface area contributed by atoms with Crippen molar-refractivity contribution in [1.82, 2.24) is 0 Å². The van der Waals surface area contributed by atoms with E-state index in [0.717, 1.165) is 0 Å². The summed E-state index contributed by atoms with van der Waals surface area (Å²) in [6.07, 6.45) is 0. The van der Waals surface area contributed by atoms with Crippen LogP contribution < -0.4 is 0 Å². The van der Waals surface area contributed by atoms with Gasteiger partial charge >= 0.3 is 16.9 Å². The Morgan fingerprint density at radius 3 is 1.50 bits per heavy atom. The quantitative estimate of drug-likeness (QED) is 0.628. The van der Waals surface area contributed by atoms with Gasteiger partial charge < -0.3 is 0 Å². The van der Waals surface area contributed by atoms with Gasteiger partial charge in [0.05, 0.1) is 21.3 Å². The molecule has 0 radical (unpaired) electrons. The van der Waals surface area contributed by atoms with Crippen LogP contribution in [-0.2, 0) is 22.7 Å². The summed E-state index contributed by atoms with van der Waals surface area (Å²) in [4.78, 5) is 0. The minimum atomic E-state index is -1.83. The smallest absolute Gasteiger partial charge is 0.151 e. The summed E-state index contributed by atoms with van der Waals surface area (Å²) in [5.41, 5.74) is 0. The van der Waals surface area contributed by atoms with Crippen molar-refractivity contribution in [3.05, 3.63) is 0 Å². The fourth-order valence-electron chi connectivity index (χ4n) is 0.0745. The van der Waals surface area contributed by atoms with Gasteiger partial charge in [-0.2, -0.15) is 4.52 Å². The minimum Gasteiger partial charge on any atom is -0.151 e. The number of hydrogen-bond donors (Lipinski definition) is 0. The maximum Gasteiger partial charge on any atom is 0.696 e. The van der Waals surface area contributed by atoms with Crippen molar-refractivity contribution < 1.29 is 22.7 Å². The Hall–Kier alpha value is 0.0800. The molecule has 0 bridgehead atoms. The molecule has 10 heavy (non-hydrogen) atoms. The molecule has 0 heterocycles. The first-order chi connectivity index (χ1) is 4.72. The third-order valence-electron chi connectivity index (χ3n) is 0.381. The lowest BCUT2D eigenvalue weighted by Crippen LogP contribution is -1.66. The van der Waals surface area contributed by atoms with E-state index in [9.17, 15) is 4.57 Å². The van der Waals surface area contributed by atoms with Crippen LogP contribution in [0.25, 0.3) is 0 Å². The van der Waals surface area contributed by atoms with Gasteiger partial charge in [0.15, 0.2) is 0 Å². The van der Waals surface area contributed by atoms with Gasteiger partial charge in [0.25, 0.3) is 0 Å². The SMILES string of the molecule is CO[P+](=O)OC.CO[PH+]=O. The number of hydrogen-bond acceptors (Lipinski definition) is 5. The molecule has 0 spiro atoms. The first kappa shape index (κ1) is 12.7. The Morgan fingerprint density at radius 2 is 1.50 bits per heavy atom. The minimum absolute atomic E-state index is 0.610. The molecule has 0 saturated heterocycles. The molecule has 0 N–H and O–H groups in total. The topological polar surface area (TPSA) is 61.8 Å². The zero-order chi connectivity index (χ0) is 8.41. The van der Waals surface area contributed by atoms with Gasteiger partial charge in [0.2, 0.25) is 0 Å². The average molecular weight is 188 g/mol. The molecular weight excluding hydrogens is 178 g/mol. The predicted molar refractivity (Wildman–Crippen MR) is 37.6 cm³/mol. The third-order valence-corrected chi connectivity index (χ3v) is 1.14. The van der Waals surface area contributed by atoms with Crippen LogP contribution in [0.3, 0.4) is 0 Å². The van der Waals surface area contributed by atoms with Crippen molar-refractivity contribution in [1.29, 1.82) is 0 Å². The van der Waals surface area contributed by atoms with Crippen LogP contribution in [-0.4, -0.2) is 21.3 Å². The van der Waals surface area contributed by atoms with Crippen molar-refractivity contribution in [2.24, 2.45) is 0 Å². The second-order valence-electron chi connectivity index (χ2n) is 0.876. The van der Waals surface area contributed by atoms with E-state index in [-0.39, 0.29) is 0 Å². The molecule has 0 amide bonds. The van der Waals surface area contributed by atoms with Crippen LogP contribution in [0.4, 0.5) is 0 Å². The van der Waals surface area contributed by atoms with E-state index in [1.54, 1.807) is 0 Å². The first-order valence-electron chi connectivity index (χ1n) is 2.18. The molecule has 0 aromatic heterocycles. The summed E-state index contributed by atoms with van der Waals surface area (Å²) in [6, 6.07) is 0. The number of rotatable bonds is 3. The highest BCUT2D eigenvalue weighted by Crippen LogP contribution is 2.18. The fraction of sp³-hybridized carbons (Fsp3) is 1.00. The maximum absolute atomic E-state index is 9.88. The van der Waals surface area contributed by atoms with E-state index in [0.29, 0.717) is 0 Å². The highest BCUT2D eigenvalue weighted by Gasteiger charge is 2.10. The Labute approximate surface area is 61.9 Å². The fourth-order valence-corrected chi connectivity index (χ4v) is 0.224. The maximum atomic E-state index is 9.88. The molecule has 0 rings (SSSR count). The Kier molecular flexibility index (Phi) is 15.1. The summed E-state index contributed by atoms with van der Waals surface area (Å²) >= 11 is 0. The summed E-state index contributed by atoms with van der Waals surface area (Å²) in [5, 5.41) is 0. The lowest BCUT2D eigenvalue weighted by Gasteiger charge is -1.66. The monoisotopic (exact) mass is 188 g/mol. The molecule has 0 aromatic carbocycles. The first-order valence-corrected chi connectivity index (χ1v) is 4.09. The van der Waals surface area contributed by atoms with Crippen molar-refractivity contribution >= 4 is 16.9 Å². The Morgan fingerprint density at radius 1 is 1.20 bits per heavy atom. The lowest BCUT2D eigenvalue weighted by atomic mass is 11.8. The van der Waals surface area contributed by atoms with Gasteiger partial charge in [-0.05, 0) is 4.57 Å². The third kappa shape index (κ3) is 15.7. The Bertz CT molecular complexity index is 88.9. The largest absolute Gasteiger partial charge is 0.696 e. The van der Waals surface area contributed by atoms with Crippen LogP contribution >= 0.6 is 16.9 Å². The molecule has 7 heteroatoms. The van der Waals surface area contributed by atoms with Crippen molar-refractivity contribution in [3.8, 4) is 0 Å². The van der Waals surface area contributed by atoms with Gasteiger partial charge in [-0.3, -0.25) is 0 Å². The second-order valence-corrected chi connectivity index (χ2v) is 2.63. The zero-order valence-electron chi connectivity index (χ0n) is 5.99. The summed E-state index contributed by atoms with van der Waals surface area (Å²) < 4.78 is 31.4. The summed E-state index contributed by atoms with van der Waals surface area (Å²) in [6.45, 7) is 0. The van der Waals surface area contributed by atoms with Gasteiger partial charge in [0, 0.05) is 4.57 Å². The zero-order valence-corrected chi connectivity index (χ0v) is 7.88. The van der Waals surface area contributed by atoms with Crippen LogP contribution in [0.5, 0.6) is 0 Å². The van der Waals surface area contributed by atoms with E-state index < -0.39 is 16.9 Å². The molecule has 5 nitrogen and oxygen atoms in total. The van der Waals surface area contributed by atoms with E-state index >= 15 is 0 Å². The van der Waals surface area contributed by atoms with Gasteiger partial charge in [-0.25, -0.2) is 0 Å². The van der Waals surface area contributed by atoms with E-state index in [1.165, 1.54) is 21.3 Å². The Balaban J connectivity index is 0. The molecule has 60 valence electrons. The van der Waals surface area contributed by atoms with Crippen LogP contribution in [0.15, 0.2) is 0 Å². The molecule has 0 fully saturated rings. The molecular formula is C3H10O5P2+2. The molecule has 0 aliphatic rings. The van der Waals surface area contributed by atoms with Crippen molar-refractivity contribution in [2.75, 3.05) is 21.3 Å². The van der Waals surface area contributed by atoms with E-state index in [2.05, 4.69) is 13.6 Å².